The fourth-order valence-corrected chi connectivity index (χ4v) is 3.01. The topological polar surface area (TPSA) is 45.6 Å². The molecule has 1 aliphatic heterocycles. The van der Waals surface area contributed by atoms with E-state index in [4.69, 9.17) is 4.74 Å². The third-order valence-corrected chi connectivity index (χ3v) is 4.33. The standard InChI is InChI=1S/C19H23FN2O2/c1-14-3-2-4-16(21-14)13-22-11-9-18(23)19(10-12-22)24-17-7-5-15(20)6-8-17/h2-8,18-19,23H,9-13H2,1H3/t18-,19-/m0/s1. The van der Waals surface area contributed by atoms with Crippen LogP contribution in [0.2, 0.25) is 0 Å². The van der Waals surface area contributed by atoms with E-state index in [1.807, 2.05) is 25.1 Å². The minimum Gasteiger partial charge on any atom is -0.488 e. The summed E-state index contributed by atoms with van der Waals surface area (Å²) in [6.45, 7) is 4.40. The fraction of sp³-hybridized carbons (Fsp3) is 0.421. The number of rotatable bonds is 4. The Morgan fingerprint density at radius 2 is 1.92 bits per heavy atom. The van der Waals surface area contributed by atoms with Gasteiger partial charge in [-0.3, -0.25) is 9.88 Å². The summed E-state index contributed by atoms with van der Waals surface area (Å²) in [4.78, 5) is 6.83. The molecule has 2 aromatic rings. The molecule has 0 unspecified atom stereocenters. The number of ether oxygens (including phenoxy) is 1. The molecule has 1 fully saturated rings. The lowest BCUT2D eigenvalue weighted by molar-refractivity contribution is 0.0349. The first-order valence-electron chi connectivity index (χ1n) is 8.35. The third-order valence-electron chi connectivity index (χ3n) is 4.33. The molecule has 5 heteroatoms. The van der Waals surface area contributed by atoms with Crippen molar-refractivity contribution in [3.63, 3.8) is 0 Å². The van der Waals surface area contributed by atoms with E-state index in [0.717, 1.165) is 37.4 Å². The fourth-order valence-electron chi connectivity index (χ4n) is 3.01. The van der Waals surface area contributed by atoms with Crippen LogP contribution in [0.1, 0.15) is 24.2 Å². The van der Waals surface area contributed by atoms with E-state index in [9.17, 15) is 9.50 Å². The minimum absolute atomic E-state index is 0.272. The number of hydrogen-bond donors (Lipinski definition) is 1. The van der Waals surface area contributed by atoms with Crippen molar-refractivity contribution < 1.29 is 14.2 Å². The highest BCUT2D eigenvalue weighted by molar-refractivity contribution is 5.22. The van der Waals surface area contributed by atoms with Gasteiger partial charge in [-0.1, -0.05) is 6.07 Å². The molecule has 4 nitrogen and oxygen atoms in total. The number of benzene rings is 1. The van der Waals surface area contributed by atoms with Gasteiger partial charge in [0.15, 0.2) is 0 Å². The molecular weight excluding hydrogens is 307 g/mol. The summed E-state index contributed by atoms with van der Waals surface area (Å²) in [5.74, 6) is 0.301. The van der Waals surface area contributed by atoms with Gasteiger partial charge in [-0.05, 0) is 56.2 Å². The van der Waals surface area contributed by atoms with E-state index in [0.29, 0.717) is 12.2 Å². The monoisotopic (exact) mass is 330 g/mol. The van der Waals surface area contributed by atoms with Crippen molar-refractivity contribution in [2.24, 2.45) is 0 Å². The second-order valence-corrected chi connectivity index (χ2v) is 6.30. The Hall–Kier alpha value is -1.98. The number of aliphatic hydroxyl groups is 1. The zero-order chi connectivity index (χ0) is 16.9. The van der Waals surface area contributed by atoms with Crippen molar-refractivity contribution in [1.29, 1.82) is 0 Å². The Labute approximate surface area is 141 Å². The van der Waals surface area contributed by atoms with Crippen LogP contribution in [0.25, 0.3) is 0 Å². The number of aromatic nitrogens is 1. The van der Waals surface area contributed by atoms with Crippen molar-refractivity contribution >= 4 is 0 Å². The molecule has 24 heavy (non-hydrogen) atoms. The minimum atomic E-state index is -0.523. The van der Waals surface area contributed by atoms with Crippen LogP contribution < -0.4 is 4.74 Å². The first-order valence-corrected chi connectivity index (χ1v) is 8.35. The molecule has 1 saturated heterocycles. The zero-order valence-corrected chi connectivity index (χ0v) is 13.9. The summed E-state index contributed by atoms with van der Waals surface area (Å²) in [7, 11) is 0. The molecule has 0 amide bonds. The Kier molecular flexibility index (Phi) is 5.43. The van der Waals surface area contributed by atoms with Crippen LogP contribution in [-0.2, 0) is 6.54 Å². The third kappa shape index (κ3) is 4.52. The van der Waals surface area contributed by atoms with E-state index >= 15 is 0 Å². The summed E-state index contributed by atoms with van der Waals surface area (Å²) in [6, 6.07) is 12.0. The molecule has 0 aliphatic carbocycles. The molecule has 0 radical (unpaired) electrons. The average molecular weight is 330 g/mol. The van der Waals surface area contributed by atoms with E-state index in [1.165, 1.54) is 12.1 Å². The van der Waals surface area contributed by atoms with Crippen LogP contribution in [0, 0.1) is 12.7 Å². The van der Waals surface area contributed by atoms with Gasteiger partial charge >= 0.3 is 0 Å². The largest absolute Gasteiger partial charge is 0.488 e. The number of pyridine rings is 1. The molecular formula is C19H23FN2O2. The number of aliphatic hydroxyl groups excluding tert-OH is 1. The Morgan fingerprint density at radius 1 is 1.17 bits per heavy atom. The molecule has 1 aromatic heterocycles. The van der Waals surface area contributed by atoms with Crippen LogP contribution >= 0.6 is 0 Å². The Balaban J connectivity index is 1.59. The van der Waals surface area contributed by atoms with Gasteiger partial charge in [0.1, 0.15) is 17.7 Å². The Morgan fingerprint density at radius 3 is 2.67 bits per heavy atom. The maximum absolute atomic E-state index is 13.0. The van der Waals surface area contributed by atoms with Gasteiger partial charge in [0, 0.05) is 25.3 Å². The van der Waals surface area contributed by atoms with Gasteiger partial charge < -0.3 is 9.84 Å². The molecule has 1 aromatic carbocycles. The lowest BCUT2D eigenvalue weighted by atomic mass is 10.1. The Bertz CT molecular complexity index is 663. The predicted molar refractivity (Wildman–Crippen MR) is 90.3 cm³/mol. The number of likely N-dealkylation sites (tertiary alicyclic amines) is 1. The lowest BCUT2D eigenvalue weighted by Gasteiger charge is -2.21. The normalized spacial score (nSPS) is 22.1. The van der Waals surface area contributed by atoms with Crippen LogP contribution in [-0.4, -0.2) is 40.3 Å². The highest BCUT2D eigenvalue weighted by Crippen LogP contribution is 2.21. The second kappa shape index (κ2) is 7.73. The van der Waals surface area contributed by atoms with Crippen molar-refractivity contribution in [2.45, 2.75) is 38.5 Å². The van der Waals surface area contributed by atoms with E-state index in [1.54, 1.807) is 12.1 Å². The zero-order valence-electron chi connectivity index (χ0n) is 13.9. The van der Waals surface area contributed by atoms with Gasteiger partial charge in [-0.15, -0.1) is 0 Å². The van der Waals surface area contributed by atoms with Crippen molar-refractivity contribution in [1.82, 2.24) is 9.88 Å². The highest BCUT2D eigenvalue weighted by atomic mass is 19.1. The van der Waals surface area contributed by atoms with Gasteiger partial charge in [0.25, 0.3) is 0 Å². The molecule has 2 atom stereocenters. The molecule has 0 bridgehead atoms. The van der Waals surface area contributed by atoms with E-state index < -0.39 is 6.10 Å². The first kappa shape index (κ1) is 16.9. The number of nitrogens with zero attached hydrogens (tertiary/aromatic N) is 2. The summed E-state index contributed by atoms with van der Waals surface area (Å²) < 4.78 is 18.8. The molecule has 3 rings (SSSR count). The summed E-state index contributed by atoms with van der Waals surface area (Å²) >= 11 is 0. The van der Waals surface area contributed by atoms with Crippen LogP contribution in [0.15, 0.2) is 42.5 Å². The van der Waals surface area contributed by atoms with Crippen molar-refractivity contribution in [3.8, 4) is 5.75 Å². The van der Waals surface area contributed by atoms with Crippen LogP contribution in [0.5, 0.6) is 5.75 Å². The van der Waals surface area contributed by atoms with Gasteiger partial charge in [-0.2, -0.15) is 0 Å². The number of aryl methyl sites for hydroxylation is 1. The maximum Gasteiger partial charge on any atom is 0.126 e. The molecule has 0 spiro atoms. The smallest absolute Gasteiger partial charge is 0.126 e. The molecule has 128 valence electrons. The van der Waals surface area contributed by atoms with Crippen LogP contribution in [0.3, 0.4) is 0 Å². The highest BCUT2D eigenvalue weighted by Gasteiger charge is 2.26. The first-order chi connectivity index (χ1) is 11.6. The van der Waals surface area contributed by atoms with Gasteiger partial charge in [0.2, 0.25) is 0 Å². The molecule has 1 aliphatic rings. The molecule has 1 N–H and O–H groups in total. The van der Waals surface area contributed by atoms with Gasteiger partial charge in [-0.25, -0.2) is 4.39 Å². The summed E-state index contributed by atoms with van der Waals surface area (Å²) in [6.07, 6.45) is 0.582. The van der Waals surface area contributed by atoms with E-state index in [-0.39, 0.29) is 11.9 Å². The number of halogens is 1. The second-order valence-electron chi connectivity index (χ2n) is 6.30. The maximum atomic E-state index is 13.0. The predicted octanol–water partition coefficient (Wildman–Crippen LogP) is 2.93. The van der Waals surface area contributed by atoms with Crippen LogP contribution in [0.4, 0.5) is 4.39 Å². The molecule has 0 saturated carbocycles. The summed E-state index contributed by atoms with van der Waals surface area (Å²) in [5.41, 5.74) is 2.06. The van der Waals surface area contributed by atoms with Crippen molar-refractivity contribution in [3.05, 3.63) is 59.7 Å². The quantitative estimate of drug-likeness (QED) is 0.936. The SMILES string of the molecule is Cc1cccc(CN2CC[C@H](Oc3ccc(F)cc3)[C@@H](O)CC2)n1. The van der Waals surface area contributed by atoms with E-state index in [2.05, 4.69) is 9.88 Å². The number of hydrogen-bond acceptors (Lipinski definition) is 4. The average Bonchev–Trinajstić information content (AvgIpc) is 2.73. The molecule has 2 heterocycles. The summed E-state index contributed by atoms with van der Waals surface area (Å²) in [5, 5.41) is 10.4. The van der Waals surface area contributed by atoms with Crippen molar-refractivity contribution in [2.75, 3.05) is 13.1 Å². The van der Waals surface area contributed by atoms with Gasteiger partial charge in [0.05, 0.1) is 11.8 Å². The lowest BCUT2D eigenvalue weighted by Crippen LogP contribution is -2.31.